The van der Waals surface area contributed by atoms with E-state index >= 15 is 0 Å². The third-order valence-corrected chi connectivity index (χ3v) is 8.23. The van der Waals surface area contributed by atoms with Gasteiger partial charge in [-0.05, 0) is 50.3 Å². The summed E-state index contributed by atoms with van der Waals surface area (Å²) in [5.74, 6) is 0.575. The number of fused-ring (bicyclic) bond motifs is 2. The van der Waals surface area contributed by atoms with Gasteiger partial charge in [-0.2, -0.15) is 0 Å². The Bertz CT molecular complexity index is 750. The Kier molecular flexibility index (Phi) is 5.79. The number of carbonyl (C=O) groups is 2. The van der Waals surface area contributed by atoms with Crippen LogP contribution in [0.15, 0.2) is 13.6 Å². The number of thiophene rings is 2. The largest absolute Gasteiger partial charge is 0.288 e. The standard InChI is InChI=1S/C18H18Br2O2S2/c1-3-5-6-9(4-2)7-10-8-11-14(21)12-13(15(22)16(11)23-10)18(20)24-17(12)19/h8-9H,3-7H2,1-2H3. The van der Waals surface area contributed by atoms with Crippen molar-refractivity contribution >= 4 is 66.1 Å². The molecule has 2 aromatic heterocycles. The van der Waals surface area contributed by atoms with Gasteiger partial charge in [0.25, 0.3) is 0 Å². The average molecular weight is 490 g/mol. The Morgan fingerprint density at radius 2 is 1.71 bits per heavy atom. The Balaban J connectivity index is 1.93. The van der Waals surface area contributed by atoms with Crippen LogP contribution in [-0.4, -0.2) is 11.6 Å². The molecule has 0 saturated carbocycles. The molecule has 3 rings (SSSR count). The Morgan fingerprint density at radius 3 is 2.33 bits per heavy atom. The summed E-state index contributed by atoms with van der Waals surface area (Å²) >= 11 is 9.75. The monoisotopic (exact) mass is 488 g/mol. The molecule has 0 saturated heterocycles. The highest BCUT2D eigenvalue weighted by molar-refractivity contribution is 9.12. The minimum atomic E-state index is -0.0301. The van der Waals surface area contributed by atoms with Crippen LogP contribution >= 0.6 is 54.5 Å². The lowest BCUT2D eigenvalue weighted by molar-refractivity contribution is 0.0982. The van der Waals surface area contributed by atoms with E-state index in [4.69, 9.17) is 0 Å². The Morgan fingerprint density at radius 1 is 1.04 bits per heavy atom. The molecule has 2 aromatic rings. The van der Waals surface area contributed by atoms with Gasteiger partial charge in [0.2, 0.25) is 5.78 Å². The van der Waals surface area contributed by atoms with E-state index in [2.05, 4.69) is 45.7 Å². The van der Waals surface area contributed by atoms with Crippen LogP contribution in [0.4, 0.5) is 0 Å². The summed E-state index contributed by atoms with van der Waals surface area (Å²) in [6, 6.07) is 1.95. The summed E-state index contributed by atoms with van der Waals surface area (Å²) in [6.07, 6.45) is 5.74. The van der Waals surface area contributed by atoms with Crippen LogP contribution in [0.2, 0.25) is 0 Å². The van der Waals surface area contributed by atoms with Crippen molar-refractivity contribution in [3.63, 3.8) is 0 Å². The maximum Gasteiger partial charge on any atom is 0.206 e. The summed E-state index contributed by atoms with van der Waals surface area (Å²) in [5, 5.41) is 0. The van der Waals surface area contributed by atoms with E-state index in [1.807, 2.05) is 6.07 Å². The molecule has 0 radical (unpaired) electrons. The zero-order valence-electron chi connectivity index (χ0n) is 13.6. The van der Waals surface area contributed by atoms with Gasteiger partial charge in [-0.1, -0.05) is 39.5 Å². The number of ketones is 2. The Hall–Kier alpha value is -0.300. The molecule has 0 spiro atoms. The molecule has 1 unspecified atom stereocenters. The van der Waals surface area contributed by atoms with Crippen LogP contribution < -0.4 is 0 Å². The summed E-state index contributed by atoms with van der Waals surface area (Å²) < 4.78 is 1.47. The van der Waals surface area contributed by atoms with Gasteiger partial charge in [-0.3, -0.25) is 9.59 Å². The molecule has 0 bridgehead atoms. The van der Waals surface area contributed by atoms with Crippen molar-refractivity contribution in [2.75, 3.05) is 0 Å². The number of rotatable bonds is 6. The minimum absolute atomic E-state index is 0.0220. The second-order valence-corrected chi connectivity index (χ2v) is 10.9. The molecule has 1 aliphatic rings. The van der Waals surface area contributed by atoms with Crippen molar-refractivity contribution in [3.05, 3.63) is 40.1 Å². The van der Waals surface area contributed by atoms with Gasteiger partial charge in [0, 0.05) is 10.4 Å². The van der Waals surface area contributed by atoms with Gasteiger partial charge in [0.05, 0.1) is 23.6 Å². The quantitative estimate of drug-likeness (QED) is 0.378. The lowest BCUT2D eigenvalue weighted by Gasteiger charge is -2.12. The smallest absolute Gasteiger partial charge is 0.206 e. The first-order chi connectivity index (χ1) is 11.5. The van der Waals surface area contributed by atoms with Gasteiger partial charge < -0.3 is 0 Å². The maximum absolute atomic E-state index is 12.8. The van der Waals surface area contributed by atoms with Crippen LogP contribution in [0.3, 0.4) is 0 Å². The summed E-state index contributed by atoms with van der Waals surface area (Å²) in [4.78, 5) is 27.4. The van der Waals surface area contributed by atoms with E-state index in [0.29, 0.717) is 27.5 Å². The van der Waals surface area contributed by atoms with Crippen LogP contribution in [0.5, 0.6) is 0 Å². The highest BCUT2D eigenvalue weighted by Crippen LogP contribution is 2.44. The first kappa shape index (κ1) is 18.5. The molecular weight excluding hydrogens is 472 g/mol. The van der Waals surface area contributed by atoms with Gasteiger partial charge in [0.15, 0.2) is 5.78 Å². The molecule has 1 atom stereocenters. The summed E-state index contributed by atoms with van der Waals surface area (Å²) in [5.41, 5.74) is 1.63. The fourth-order valence-corrected chi connectivity index (χ4v) is 7.48. The van der Waals surface area contributed by atoms with Crippen LogP contribution in [-0.2, 0) is 6.42 Å². The zero-order valence-corrected chi connectivity index (χ0v) is 18.4. The number of unbranched alkanes of at least 4 members (excludes halogenated alkanes) is 1. The van der Waals surface area contributed by atoms with Crippen molar-refractivity contribution < 1.29 is 9.59 Å². The molecule has 0 N–H and O–H groups in total. The maximum atomic E-state index is 12.8. The third-order valence-electron chi connectivity index (χ3n) is 4.54. The molecule has 0 aliphatic heterocycles. The molecule has 0 fully saturated rings. The van der Waals surface area contributed by atoms with E-state index in [1.165, 1.54) is 41.9 Å². The molecule has 2 heterocycles. The SMILES string of the molecule is CCCCC(CC)Cc1cc2c(s1)C(=O)c1c(Br)sc(Br)c1C2=O. The molecule has 128 valence electrons. The molecule has 1 aliphatic carbocycles. The molecule has 6 heteroatoms. The van der Waals surface area contributed by atoms with Crippen molar-refractivity contribution in [1.29, 1.82) is 0 Å². The van der Waals surface area contributed by atoms with Gasteiger partial charge >= 0.3 is 0 Å². The van der Waals surface area contributed by atoms with Crippen molar-refractivity contribution in [2.24, 2.45) is 5.92 Å². The molecular formula is C18H18Br2O2S2. The number of hydrogen-bond acceptors (Lipinski definition) is 4. The lowest BCUT2D eigenvalue weighted by Crippen LogP contribution is -2.17. The molecule has 0 aromatic carbocycles. The predicted molar refractivity (Wildman–Crippen MR) is 108 cm³/mol. The second kappa shape index (κ2) is 7.52. The van der Waals surface area contributed by atoms with E-state index < -0.39 is 0 Å². The van der Waals surface area contributed by atoms with E-state index in [1.54, 1.807) is 0 Å². The fraction of sp³-hybridized carbons (Fsp3) is 0.444. The number of carbonyl (C=O) groups excluding carboxylic acids is 2. The van der Waals surface area contributed by atoms with Crippen molar-refractivity contribution in [3.8, 4) is 0 Å². The highest BCUT2D eigenvalue weighted by atomic mass is 79.9. The van der Waals surface area contributed by atoms with E-state index in [-0.39, 0.29) is 11.6 Å². The molecule has 0 amide bonds. The zero-order chi connectivity index (χ0) is 17.4. The van der Waals surface area contributed by atoms with Crippen molar-refractivity contribution in [1.82, 2.24) is 0 Å². The van der Waals surface area contributed by atoms with Crippen LogP contribution in [0, 0.1) is 5.92 Å². The Labute approximate surface area is 166 Å². The summed E-state index contributed by atoms with van der Waals surface area (Å²) in [7, 11) is 0. The van der Waals surface area contributed by atoms with E-state index in [0.717, 1.165) is 25.3 Å². The minimum Gasteiger partial charge on any atom is -0.288 e. The normalized spacial score (nSPS) is 14.7. The molecule has 24 heavy (non-hydrogen) atoms. The number of halogens is 2. The first-order valence-electron chi connectivity index (χ1n) is 8.17. The highest BCUT2D eigenvalue weighted by Gasteiger charge is 2.37. The third kappa shape index (κ3) is 3.22. The fourth-order valence-electron chi connectivity index (χ4n) is 3.14. The van der Waals surface area contributed by atoms with E-state index in [9.17, 15) is 9.59 Å². The van der Waals surface area contributed by atoms with Crippen LogP contribution in [0.1, 0.15) is 75.6 Å². The van der Waals surface area contributed by atoms with Gasteiger partial charge in [-0.25, -0.2) is 0 Å². The lowest BCUT2D eigenvalue weighted by atomic mass is 9.91. The number of hydrogen-bond donors (Lipinski definition) is 0. The second-order valence-electron chi connectivity index (χ2n) is 6.13. The van der Waals surface area contributed by atoms with Crippen LogP contribution in [0.25, 0.3) is 0 Å². The topological polar surface area (TPSA) is 34.1 Å². The van der Waals surface area contributed by atoms with Crippen molar-refractivity contribution in [2.45, 2.75) is 46.0 Å². The predicted octanol–water partition coefficient (Wildman–Crippen LogP) is 6.87. The summed E-state index contributed by atoms with van der Waals surface area (Å²) in [6.45, 7) is 4.43. The molecule has 2 nitrogen and oxygen atoms in total. The van der Waals surface area contributed by atoms with Gasteiger partial charge in [0.1, 0.15) is 0 Å². The average Bonchev–Trinajstić information content (AvgIpc) is 3.10. The first-order valence-corrected chi connectivity index (χ1v) is 11.4. The van der Waals surface area contributed by atoms with Gasteiger partial charge in [-0.15, -0.1) is 22.7 Å².